The van der Waals surface area contributed by atoms with Crippen molar-refractivity contribution in [2.24, 2.45) is 5.41 Å². The Labute approximate surface area is 115 Å². The van der Waals surface area contributed by atoms with Crippen LogP contribution in [-0.4, -0.2) is 35.5 Å². The molecule has 2 aliphatic rings. The number of likely N-dealkylation sites (tertiary alicyclic amines) is 1. The standard InChI is InChI=1S/C15H25NO3/c1-14(2,3)19-13(18)16-9-8-15(6-4-5-7-15)10-12(16)11-17/h11-12H,4-10H2,1-3H3. The quantitative estimate of drug-likeness (QED) is 0.686. The third-order valence-corrected chi connectivity index (χ3v) is 4.37. The van der Waals surface area contributed by atoms with E-state index in [0.717, 1.165) is 19.1 Å². The van der Waals surface area contributed by atoms with Crippen LogP contribution in [0.5, 0.6) is 0 Å². The van der Waals surface area contributed by atoms with Gasteiger partial charge in [0.25, 0.3) is 0 Å². The van der Waals surface area contributed by atoms with Crippen LogP contribution in [0.25, 0.3) is 0 Å². The third kappa shape index (κ3) is 3.28. The molecule has 108 valence electrons. The van der Waals surface area contributed by atoms with Crippen LogP contribution in [0.1, 0.15) is 59.3 Å². The molecule has 1 amide bonds. The molecule has 4 heteroatoms. The first-order valence-electron chi connectivity index (χ1n) is 7.30. The molecule has 1 heterocycles. The van der Waals surface area contributed by atoms with Crippen LogP contribution in [0.3, 0.4) is 0 Å². The molecule has 0 aromatic carbocycles. The molecule has 0 radical (unpaired) electrons. The summed E-state index contributed by atoms with van der Waals surface area (Å²) in [6, 6.07) is -0.304. The third-order valence-electron chi connectivity index (χ3n) is 4.37. The van der Waals surface area contributed by atoms with Crippen molar-refractivity contribution in [3.8, 4) is 0 Å². The number of hydrogen-bond acceptors (Lipinski definition) is 3. The van der Waals surface area contributed by atoms with E-state index in [4.69, 9.17) is 4.74 Å². The molecule has 1 saturated heterocycles. The number of rotatable bonds is 1. The maximum atomic E-state index is 12.1. The zero-order valence-electron chi connectivity index (χ0n) is 12.3. The average Bonchev–Trinajstić information content (AvgIpc) is 2.75. The van der Waals surface area contributed by atoms with Gasteiger partial charge in [-0.1, -0.05) is 12.8 Å². The molecule has 0 N–H and O–H groups in total. The summed E-state index contributed by atoms with van der Waals surface area (Å²) < 4.78 is 5.39. The summed E-state index contributed by atoms with van der Waals surface area (Å²) in [5, 5.41) is 0. The summed E-state index contributed by atoms with van der Waals surface area (Å²) in [4.78, 5) is 25.1. The van der Waals surface area contributed by atoms with Gasteiger partial charge in [0, 0.05) is 6.54 Å². The molecule has 2 fully saturated rings. The monoisotopic (exact) mass is 267 g/mol. The number of ether oxygens (including phenoxy) is 1. The van der Waals surface area contributed by atoms with Gasteiger partial charge in [0.15, 0.2) is 0 Å². The second-order valence-electron chi connectivity index (χ2n) is 7.04. The van der Waals surface area contributed by atoms with Gasteiger partial charge in [0.2, 0.25) is 0 Å². The Morgan fingerprint density at radius 2 is 1.89 bits per heavy atom. The number of nitrogens with zero attached hydrogens (tertiary/aromatic N) is 1. The molecule has 0 aromatic rings. The van der Waals surface area contributed by atoms with Crippen molar-refractivity contribution >= 4 is 12.4 Å². The van der Waals surface area contributed by atoms with Gasteiger partial charge in [-0.3, -0.25) is 4.90 Å². The topological polar surface area (TPSA) is 46.6 Å². The van der Waals surface area contributed by atoms with E-state index in [1.54, 1.807) is 4.90 Å². The molecule has 19 heavy (non-hydrogen) atoms. The van der Waals surface area contributed by atoms with Crippen molar-refractivity contribution in [1.82, 2.24) is 4.90 Å². The summed E-state index contributed by atoms with van der Waals surface area (Å²) in [6.07, 6.45) is 7.34. The highest BCUT2D eigenvalue weighted by molar-refractivity contribution is 5.74. The fourth-order valence-corrected chi connectivity index (χ4v) is 3.43. The molecule has 2 rings (SSSR count). The van der Waals surface area contributed by atoms with E-state index in [9.17, 15) is 9.59 Å². The molecular weight excluding hydrogens is 242 g/mol. The van der Waals surface area contributed by atoms with Crippen molar-refractivity contribution in [3.63, 3.8) is 0 Å². The van der Waals surface area contributed by atoms with Crippen LogP contribution >= 0.6 is 0 Å². The van der Waals surface area contributed by atoms with Gasteiger partial charge in [0.1, 0.15) is 11.9 Å². The summed E-state index contributed by atoms with van der Waals surface area (Å²) in [7, 11) is 0. The van der Waals surface area contributed by atoms with Gasteiger partial charge in [-0.2, -0.15) is 0 Å². The Balaban J connectivity index is 2.03. The van der Waals surface area contributed by atoms with Crippen LogP contribution < -0.4 is 0 Å². The highest BCUT2D eigenvalue weighted by atomic mass is 16.6. The van der Waals surface area contributed by atoms with Crippen molar-refractivity contribution in [2.75, 3.05) is 6.54 Å². The predicted molar refractivity (Wildman–Crippen MR) is 72.9 cm³/mol. The van der Waals surface area contributed by atoms with E-state index in [1.165, 1.54) is 25.7 Å². The molecule has 1 aliphatic carbocycles. The van der Waals surface area contributed by atoms with E-state index in [0.29, 0.717) is 12.0 Å². The fourth-order valence-electron chi connectivity index (χ4n) is 3.43. The second-order valence-corrected chi connectivity index (χ2v) is 7.04. The van der Waals surface area contributed by atoms with Gasteiger partial charge in [-0.05, 0) is 51.9 Å². The summed E-state index contributed by atoms with van der Waals surface area (Å²) in [6.45, 7) is 6.20. The minimum atomic E-state index is -0.507. The predicted octanol–water partition coefficient (Wildman–Crippen LogP) is 3.15. The molecule has 0 aromatic heterocycles. The minimum Gasteiger partial charge on any atom is -0.444 e. The Morgan fingerprint density at radius 3 is 2.42 bits per heavy atom. The summed E-state index contributed by atoms with van der Waals surface area (Å²) >= 11 is 0. The maximum Gasteiger partial charge on any atom is 0.410 e. The van der Waals surface area contributed by atoms with Gasteiger partial charge in [-0.15, -0.1) is 0 Å². The molecule has 1 spiro atoms. The number of carbonyl (C=O) groups excluding carboxylic acids is 2. The maximum absolute atomic E-state index is 12.1. The van der Waals surface area contributed by atoms with Gasteiger partial charge in [-0.25, -0.2) is 4.79 Å². The smallest absolute Gasteiger partial charge is 0.410 e. The highest BCUT2D eigenvalue weighted by Gasteiger charge is 2.43. The first-order chi connectivity index (χ1) is 8.85. The zero-order chi connectivity index (χ0) is 14.1. The van der Waals surface area contributed by atoms with Crippen molar-refractivity contribution in [3.05, 3.63) is 0 Å². The Hall–Kier alpha value is -1.06. The first kappa shape index (κ1) is 14.4. The lowest BCUT2D eigenvalue weighted by atomic mass is 9.74. The van der Waals surface area contributed by atoms with Gasteiger partial charge < -0.3 is 9.53 Å². The lowest BCUT2D eigenvalue weighted by Gasteiger charge is -2.43. The first-order valence-corrected chi connectivity index (χ1v) is 7.30. The van der Waals surface area contributed by atoms with Gasteiger partial charge in [0.05, 0.1) is 6.04 Å². The number of hydrogen-bond donors (Lipinski definition) is 0. The SMILES string of the molecule is CC(C)(C)OC(=O)N1CCC2(CCCC2)CC1C=O. The van der Waals surface area contributed by atoms with Gasteiger partial charge >= 0.3 is 6.09 Å². The lowest BCUT2D eigenvalue weighted by Crippen LogP contribution is -2.51. The molecule has 0 bridgehead atoms. The Kier molecular flexibility index (Phi) is 3.88. The molecule has 4 nitrogen and oxygen atoms in total. The molecule has 1 saturated carbocycles. The lowest BCUT2D eigenvalue weighted by molar-refractivity contribution is -0.115. The van der Waals surface area contributed by atoms with Crippen LogP contribution in [0.15, 0.2) is 0 Å². The zero-order valence-corrected chi connectivity index (χ0v) is 12.3. The van der Waals surface area contributed by atoms with Crippen LogP contribution in [-0.2, 0) is 9.53 Å². The number of piperidine rings is 1. The number of amides is 1. The molecular formula is C15H25NO3. The van der Waals surface area contributed by atoms with Crippen molar-refractivity contribution < 1.29 is 14.3 Å². The van der Waals surface area contributed by atoms with Crippen LogP contribution in [0, 0.1) is 5.41 Å². The van der Waals surface area contributed by atoms with E-state index >= 15 is 0 Å². The van der Waals surface area contributed by atoms with Crippen LogP contribution in [0.4, 0.5) is 4.79 Å². The number of aldehydes is 1. The summed E-state index contributed by atoms with van der Waals surface area (Å²) in [5.74, 6) is 0. The minimum absolute atomic E-state index is 0.304. The van der Waals surface area contributed by atoms with E-state index in [-0.39, 0.29) is 12.1 Å². The Morgan fingerprint density at radius 1 is 1.26 bits per heavy atom. The van der Waals surface area contributed by atoms with Crippen molar-refractivity contribution in [1.29, 1.82) is 0 Å². The largest absolute Gasteiger partial charge is 0.444 e. The second kappa shape index (κ2) is 5.14. The van der Waals surface area contributed by atoms with Crippen LogP contribution in [0.2, 0.25) is 0 Å². The number of carbonyl (C=O) groups is 2. The average molecular weight is 267 g/mol. The highest BCUT2D eigenvalue weighted by Crippen LogP contribution is 2.47. The van der Waals surface area contributed by atoms with Crippen molar-refractivity contribution in [2.45, 2.75) is 70.9 Å². The molecule has 1 atom stereocenters. The molecule has 1 unspecified atom stereocenters. The van der Waals surface area contributed by atoms with E-state index < -0.39 is 5.60 Å². The molecule has 1 aliphatic heterocycles. The normalized spacial score (nSPS) is 26.5. The summed E-state index contributed by atoms with van der Waals surface area (Å²) in [5.41, 5.74) is -0.197. The fraction of sp³-hybridized carbons (Fsp3) is 0.867. The Bertz CT molecular complexity index is 353. The van der Waals surface area contributed by atoms with E-state index in [1.807, 2.05) is 20.8 Å². The van der Waals surface area contributed by atoms with E-state index in [2.05, 4.69) is 0 Å².